The minimum Gasteiger partial charge on any atom is -0.444 e. The summed E-state index contributed by atoms with van der Waals surface area (Å²) in [6.07, 6.45) is 3.83. The van der Waals surface area contributed by atoms with Crippen LogP contribution >= 0.6 is 0 Å². The van der Waals surface area contributed by atoms with E-state index < -0.39 is 17.7 Å². The minimum atomic E-state index is -0.656. The standard InChI is InChI=1S/C23H30N2O4/c1-5-6-7-8-16-9-11-17(12-10-16)21(26)28-20-14-13-18(24)15-19(20)25-22(27)29-23(2,3)4/h9-15H,5-8,24H2,1-4H3,(H,25,27). The van der Waals surface area contributed by atoms with Gasteiger partial charge < -0.3 is 15.2 Å². The molecule has 2 aromatic carbocycles. The summed E-state index contributed by atoms with van der Waals surface area (Å²) in [6.45, 7) is 7.46. The predicted octanol–water partition coefficient (Wildman–Crippen LogP) is 5.57. The first-order valence-electron chi connectivity index (χ1n) is 9.88. The van der Waals surface area contributed by atoms with Crippen molar-refractivity contribution in [2.75, 3.05) is 11.1 Å². The number of hydrogen-bond donors (Lipinski definition) is 2. The summed E-state index contributed by atoms with van der Waals surface area (Å²) in [6, 6.07) is 12.0. The molecule has 6 heteroatoms. The maximum absolute atomic E-state index is 12.5. The topological polar surface area (TPSA) is 90.6 Å². The molecule has 0 aliphatic carbocycles. The number of carbonyl (C=O) groups is 2. The Labute approximate surface area is 172 Å². The van der Waals surface area contributed by atoms with Crippen LogP contribution in [0.25, 0.3) is 0 Å². The molecule has 29 heavy (non-hydrogen) atoms. The highest BCUT2D eigenvalue weighted by atomic mass is 16.6. The SMILES string of the molecule is CCCCCc1ccc(C(=O)Oc2ccc(N)cc2NC(=O)OC(C)(C)C)cc1. The Balaban J connectivity index is 2.08. The van der Waals surface area contributed by atoms with Crippen molar-refractivity contribution in [3.8, 4) is 5.75 Å². The summed E-state index contributed by atoms with van der Waals surface area (Å²) < 4.78 is 10.7. The van der Waals surface area contributed by atoms with Crippen LogP contribution in [-0.2, 0) is 11.2 Å². The van der Waals surface area contributed by atoms with Crippen molar-refractivity contribution < 1.29 is 19.1 Å². The van der Waals surface area contributed by atoms with Crippen LogP contribution in [0.1, 0.15) is 62.9 Å². The van der Waals surface area contributed by atoms with E-state index in [2.05, 4.69) is 12.2 Å². The predicted molar refractivity (Wildman–Crippen MR) is 115 cm³/mol. The number of benzene rings is 2. The zero-order valence-electron chi connectivity index (χ0n) is 17.6. The number of aryl methyl sites for hydroxylation is 1. The highest BCUT2D eigenvalue weighted by Gasteiger charge is 2.19. The van der Waals surface area contributed by atoms with E-state index in [1.54, 1.807) is 45.0 Å². The minimum absolute atomic E-state index is 0.196. The molecule has 2 rings (SSSR count). The highest BCUT2D eigenvalue weighted by molar-refractivity contribution is 5.94. The molecule has 0 spiro atoms. The second kappa shape index (κ2) is 9.96. The number of nitrogens with one attached hydrogen (secondary N) is 1. The Morgan fingerprint density at radius 2 is 1.72 bits per heavy atom. The first kappa shape index (κ1) is 22.3. The van der Waals surface area contributed by atoms with Crippen LogP contribution in [-0.4, -0.2) is 17.7 Å². The molecule has 0 aliphatic heterocycles. The van der Waals surface area contributed by atoms with Crippen LogP contribution in [0, 0.1) is 0 Å². The second-order valence-electron chi connectivity index (χ2n) is 7.93. The summed E-state index contributed by atoms with van der Waals surface area (Å²) in [5, 5.41) is 2.58. The van der Waals surface area contributed by atoms with Crippen LogP contribution in [0.5, 0.6) is 5.75 Å². The summed E-state index contributed by atoms with van der Waals surface area (Å²) in [4.78, 5) is 24.6. The van der Waals surface area contributed by atoms with Gasteiger partial charge in [0.2, 0.25) is 0 Å². The number of ether oxygens (including phenoxy) is 2. The van der Waals surface area contributed by atoms with Gasteiger partial charge in [-0.2, -0.15) is 0 Å². The van der Waals surface area contributed by atoms with Crippen molar-refractivity contribution in [1.82, 2.24) is 0 Å². The van der Waals surface area contributed by atoms with Crippen LogP contribution in [0.2, 0.25) is 0 Å². The number of esters is 1. The third-order valence-corrected chi connectivity index (χ3v) is 4.10. The molecule has 0 radical (unpaired) electrons. The van der Waals surface area contributed by atoms with Gasteiger partial charge in [0.15, 0.2) is 5.75 Å². The lowest BCUT2D eigenvalue weighted by atomic mass is 10.1. The molecule has 2 aromatic rings. The molecule has 156 valence electrons. The molecule has 0 fully saturated rings. The van der Waals surface area contributed by atoms with Crippen LogP contribution in [0.15, 0.2) is 42.5 Å². The number of nitrogens with two attached hydrogens (primary N) is 1. The van der Waals surface area contributed by atoms with E-state index in [0.717, 1.165) is 12.8 Å². The number of rotatable bonds is 7. The lowest BCUT2D eigenvalue weighted by molar-refractivity contribution is 0.0630. The molecule has 0 saturated carbocycles. The Morgan fingerprint density at radius 3 is 2.34 bits per heavy atom. The molecule has 0 saturated heterocycles. The molecule has 6 nitrogen and oxygen atoms in total. The van der Waals surface area contributed by atoms with Gasteiger partial charge in [0.05, 0.1) is 11.3 Å². The number of unbranched alkanes of at least 4 members (excludes halogenated alkanes) is 2. The first-order chi connectivity index (χ1) is 13.7. The molecule has 1 amide bonds. The van der Waals surface area contributed by atoms with Gasteiger partial charge in [-0.05, 0) is 69.5 Å². The average Bonchev–Trinajstić information content (AvgIpc) is 2.63. The Bertz CT molecular complexity index is 839. The van der Waals surface area contributed by atoms with Gasteiger partial charge >= 0.3 is 12.1 Å². The fourth-order valence-corrected chi connectivity index (χ4v) is 2.69. The van der Waals surface area contributed by atoms with Crippen LogP contribution in [0.4, 0.5) is 16.2 Å². The fourth-order valence-electron chi connectivity index (χ4n) is 2.69. The molecule has 3 N–H and O–H groups in total. The van der Waals surface area contributed by atoms with Gasteiger partial charge in [-0.15, -0.1) is 0 Å². The number of nitrogen functional groups attached to an aromatic ring is 1. The van der Waals surface area contributed by atoms with Crippen molar-refractivity contribution >= 4 is 23.4 Å². The fraction of sp³-hybridized carbons (Fsp3) is 0.391. The molecule has 0 unspecified atom stereocenters. The lowest BCUT2D eigenvalue weighted by Gasteiger charge is -2.20. The van der Waals surface area contributed by atoms with E-state index in [1.165, 1.54) is 24.5 Å². The Morgan fingerprint density at radius 1 is 1.03 bits per heavy atom. The van der Waals surface area contributed by atoms with Crippen LogP contribution < -0.4 is 15.8 Å². The molecule has 0 aromatic heterocycles. The van der Waals surface area contributed by atoms with E-state index >= 15 is 0 Å². The largest absolute Gasteiger partial charge is 0.444 e. The van der Waals surface area contributed by atoms with Gasteiger partial charge in [0.1, 0.15) is 5.60 Å². The zero-order valence-corrected chi connectivity index (χ0v) is 17.6. The maximum Gasteiger partial charge on any atom is 0.412 e. The summed E-state index contributed by atoms with van der Waals surface area (Å²) in [5.41, 5.74) is 7.47. The van der Waals surface area contributed by atoms with Gasteiger partial charge in [-0.1, -0.05) is 31.9 Å². The van der Waals surface area contributed by atoms with Crippen molar-refractivity contribution in [3.05, 3.63) is 53.6 Å². The highest BCUT2D eigenvalue weighted by Crippen LogP contribution is 2.28. The number of carbonyl (C=O) groups excluding carboxylic acids is 2. The summed E-state index contributed by atoms with van der Waals surface area (Å²) in [7, 11) is 0. The number of hydrogen-bond acceptors (Lipinski definition) is 5. The van der Waals surface area contributed by atoms with Gasteiger partial charge in [0, 0.05) is 5.69 Å². The van der Waals surface area contributed by atoms with E-state index in [-0.39, 0.29) is 11.4 Å². The lowest BCUT2D eigenvalue weighted by Crippen LogP contribution is -2.27. The van der Waals surface area contributed by atoms with Gasteiger partial charge in [-0.25, -0.2) is 9.59 Å². The van der Waals surface area contributed by atoms with Crippen molar-refractivity contribution in [2.24, 2.45) is 0 Å². The molecule has 0 heterocycles. The third-order valence-electron chi connectivity index (χ3n) is 4.10. The van der Waals surface area contributed by atoms with Gasteiger partial charge in [0.25, 0.3) is 0 Å². The van der Waals surface area contributed by atoms with Crippen molar-refractivity contribution in [2.45, 2.75) is 59.0 Å². The first-order valence-corrected chi connectivity index (χ1v) is 9.88. The van der Waals surface area contributed by atoms with Crippen molar-refractivity contribution in [1.29, 1.82) is 0 Å². The van der Waals surface area contributed by atoms with Crippen molar-refractivity contribution in [3.63, 3.8) is 0 Å². The van der Waals surface area contributed by atoms with E-state index in [4.69, 9.17) is 15.2 Å². The van der Waals surface area contributed by atoms with E-state index in [9.17, 15) is 9.59 Å². The molecule has 0 bridgehead atoms. The number of amides is 1. The van der Waals surface area contributed by atoms with E-state index in [0.29, 0.717) is 11.3 Å². The quantitative estimate of drug-likeness (QED) is 0.275. The zero-order chi connectivity index (χ0) is 21.4. The van der Waals surface area contributed by atoms with Gasteiger partial charge in [-0.3, -0.25) is 5.32 Å². The molecular formula is C23H30N2O4. The Kier molecular flexibility index (Phi) is 7.65. The molecular weight excluding hydrogens is 368 g/mol. The summed E-state index contributed by atoms with van der Waals surface area (Å²) >= 11 is 0. The Hall–Kier alpha value is -3.02. The monoisotopic (exact) mass is 398 g/mol. The smallest absolute Gasteiger partial charge is 0.412 e. The molecule has 0 aliphatic rings. The second-order valence-corrected chi connectivity index (χ2v) is 7.93. The van der Waals surface area contributed by atoms with E-state index in [1.807, 2.05) is 12.1 Å². The van der Waals surface area contributed by atoms with Crippen LogP contribution in [0.3, 0.4) is 0 Å². The third kappa shape index (κ3) is 7.49. The normalized spacial score (nSPS) is 11.0. The summed E-state index contributed by atoms with van der Waals surface area (Å²) in [5.74, 6) is -0.316. The molecule has 0 atom stereocenters. The maximum atomic E-state index is 12.5. The average molecular weight is 399 g/mol. The number of anilines is 2.